The number of rotatable bonds is 2. The molecule has 0 aromatic carbocycles. The van der Waals surface area contributed by atoms with Crippen molar-refractivity contribution in [2.75, 3.05) is 0 Å². The molecule has 0 fully saturated rings. The molecule has 2 aromatic rings. The monoisotopic (exact) mass is 261 g/mol. The second kappa shape index (κ2) is 4.63. The highest BCUT2D eigenvalue weighted by atomic mass is 16.4. The van der Waals surface area contributed by atoms with Gasteiger partial charge in [-0.3, -0.25) is 0 Å². The zero-order valence-electron chi connectivity index (χ0n) is 11.2. The summed E-state index contributed by atoms with van der Waals surface area (Å²) in [6.07, 6.45) is 0. The van der Waals surface area contributed by atoms with Gasteiger partial charge in [-0.1, -0.05) is 5.16 Å². The third-order valence-electron chi connectivity index (χ3n) is 2.88. The van der Waals surface area contributed by atoms with Crippen molar-refractivity contribution in [1.82, 2.24) is 25.0 Å². The highest BCUT2D eigenvalue weighted by molar-refractivity contribution is 6.01. The van der Waals surface area contributed by atoms with Crippen LogP contribution in [0, 0.1) is 27.7 Å². The van der Waals surface area contributed by atoms with Gasteiger partial charge in [0.1, 0.15) is 11.6 Å². The third kappa shape index (κ3) is 2.12. The van der Waals surface area contributed by atoms with Gasteiger partial charge in [0.2, 0.25) is 0 Å². The zero-order valence-corrected chi connectivity index (χ0v) is 11.2. The molecule has 8 nitrogen and oxygen atoms in total. The van der Waals surface area contributed by atoms with Crippen molar-refractivity contribution in [3.63, 3.8) is 0 Å². The molecule has 0 saturated carbocycles. The molecule has 0 radical (unpaired) electrons. The van der Waals surface area contributed by atoms with Crippen molar-refractivity contribution >= 4 is 5.84 Å². The zero-order chi connectivity index (χ0) is 14.2. The largest absolute Gasteiger partial charge is 0.409 e. The Morgan fingerprint density at radius 1 is 1.21 bits per heavy atom. The lowest BCUT2D eigenvalue weighted by atomic mass is 10.1. The molecule has 8 heteroatoms. The first-order valence-corrected chi connectivity index (χ1v) is 5.68. The van der Waals surface area contributed by atoms with Crippen molar-refractivity contribution < 1.29 is 5.21 Å². The van der Waals surface area contributed by atoms with Gasteiger partial charge in [0, 0.05) is 0 Å². The average molecular weight is 261 g/mol. The van der Waals surface area contributed by atoms with Crippen LogP contribution in [0.3, 0.4) is 0 Å². The minimum absolute atomic E-state index is 0.0296. The quantitative estimate of drug-likeness (QED) is 0.349. The lowest BCUT2D eigenvalue weighted by molar-refractivity contribution is 0.318. The first-order chi connectivity index (χ1) is 8.95. The molecule has 2 aromatic heterocycles. The molecule has 0 spiro atoms. The Morgan fingerprint density at radius 2 is 1.89 bits per heavy atom. The van der Waals surface area contributed by atoms with Gasteiger partial charge < -0.3 is 10.9 Å². The SMILES string of the molecule is Cc1nc(C)n(-c2nnc(C)c(C)c2/C(N)=N/O)n1. The molecule has 0 atom stereocenters. The molecule has 0 bridgehead atoms. The van der Waals surface area contributed by atoms with Crippen molar-refractivity contribution in [3.8, 4) is 5.82 Å². The Balaban J connectivity index is 2.77. The number of nitrogens with zero attached hydrogens (tertiary/aromatic N) is 6. The molecule has 0 aliphatic rings. The molecule has 19 heavy (non-hydrogen) atoms. The number of aryl methyl sites for hydroxylation is 3. The van der Waals surface area contributed by atoms with Gasteiger partial charge in [-0.25, -0.2) is 4.98 Å². The predicted molar refractivity (Wildman–Crippen MR) is 68.4 cm³/mol. The van der Waals surface area contributed by atoms with E-state index in [1.54, 1.807) is 20.8 Å². The summed E-state index contributed by atoms with van der Waals surface area (Å²) in [5.74, 6) is 1.64. The van der Waals surface area contributed by atoms with E-state index in [1.807, 2.05) is 6.92 Å². The van der Waals surface area contributed by atoms with Gasteiger partial charge in [0.05, 0.1) is 11.3 Å². The summed E-state index contributed by atoms with van der Waals surface area (Å²) < 4.78 is 1.53. The van der Waals surface area contributed by atoms with Crippen molar-refractivity contribution in [2.24, 2.45) is 10.9 Å². The second-order valence-electron chi connectivity index (χ2n) is 4.21. The molecule has 0 aliphatic heterocycles. The normalized spacial score (nSPS) is 11.9. The van der Waals surface area contributed by atoms with Crippen LogP contribution in [0.4, 0.5) is 0 Å². The Kier molecular flexibility index (Phi) is 3.16. The average Bonchev–Trinajstić information content (AvgIpc) is 2.70. The summed E-state index contributed by atoms with van der Waals surface area (Å²) in [6.45, 7) is 7.22. The number of amidine groups is 1. The smallest absolute Gasteiger partial charge is 0.189 e. The molecule has 100 valence electrons. The summed E-state index contributed by atoms with van der Waals surface area (Å²) in [7, 11) is 0. The molecular formula is C11H15N7O. The Bertz CT molecular complexity index is 659. The highest BCUT2D eigenvalue weighted by Crippen LogP contribution is 2.18. The van der Waals surface area contributed by atoms with Gasteiger partial charge in [-0.15, -0.1) is 10.2 Å². The van der Waals surface area contributed by atoms with Crippen LogP contribution in [0.15, 0.2) is 5.16 Å². The molecular weight excluding hydrogens is 246 g/mol. The number of hydrogen-bond acceptors (Lipinski definition) is 6. The number of hydrogen-bond donors (Lipinski definition) is 2. The molecule has 0 aliphatic carbocycles. The van der Waals surface area contributed by atoms with Crippen LogP contribution in [0.1, 0.15) is 28.5 Å². The van der Waals surface area contributed by atoms with E-state index in [-0.39, 0.29) is 5.84 Å². The topological polar surface area (TPSA) is 115 Å². The van der Waals surface area contributed by atoms with E-state index in [2.05, 4.69) is 25.4 Å². The van der Waals surface area contributed by atoms with E-state index >= 15 is 0 Å². The molecule has 0 saturated heterocycles. The van der Waals surface area contributed by atoms with E-state index in [9.17, 15) is 0 Å². The van der Waals surface area contributed by atoms with Crippen LogP contribution in [0.25, 0.3) is 5.82 Å². The Morgan fingerprint density at radius 3 is 2.42 bits per heavy atom. The second-order valence-corrected chi connectivity index (χ2v) is 4.21. The van der Waals surface area contributed by atoms with Crippen LogP contribution in [0.5, 0.6) is 0 Å². The van der Waals surface area contributed by atoms with Gasteiger partial charge in [0.15, 0.2) is 11.7 Å². The summed E-state index contributed by atoms with van der Waals surface area (Å²) in [5.41, 5.74) is 7.73. The molecule has 2 heterocycles. The maximum absolute atomic E-state index is 8.92. The molecule has 0 unspecified atom stereocenters. The van der Waals surface area contributed by atoms with Crippen molar-refractivity contribution in [1.29, 1.82) is 0 Å². The van der Waals surface area contributed by atoms with E-state index in [0.717, 1.165) is 5.56 Å². The molecule has 3 N–H and O–H groups in total. The standard InChI is InChI=1S/C11H15N7O/c1-5-6(2)14-15-11(9(5)10(12)17-19)18-8(4)13-7(3)16-18/h19H,1-4H3,(H2,12,17). The third-order valence-corrected chi connectivity index (χ3v) is 2.88. The lowest BCUT2D eigenvalue weighted by Gasteiger charge is -2.11. The minimum atomic E-state index is -0.0296. The fourth-order valence-electron chi connectivity index (χ4n) is 1.82. The first-order valence-electron chi connectivity index (χ1n) is 5.68. The summed E-state index contributed by atoms with van der Waals surface area (Å²) in [5, 5.41) is 24.3. The maximum atomic E-state index is 8.92. The Labute approximate surface area is 110 Å². The number of nitrogens with two attached hydrogens (primary N) is 1. The minimum Gasteiger partial charge on any atom is -0.409 e. The van der Waals surface area contributed by atoms with Crippen LogP contribution in [-0.4, -0.2) is 36.0 Å². The van der Waals surface area contributed by atoms with Gasteiger partial charge in [-0.2, -0.15) is 9.78 Å². The summed E-state index contributed by atoms with van der Waals surface area (Å²) in [4.78, 5) is 4.21. The molecule has 2 rings (SSSR count). The lowest BCUT2D eigenvalue weighted by Crippen LogP contribution is -2.21. The highest BCUT2D eigenvalue weighted by Gasteiger charge is 2.19. The summed E-state index contributed by atoms with van der Waals surface area (Å²) in [6, 6.07) is 0. The maximum Gasteiger partial charge on any atom is 0.189 e. The van der Waals surface area contributed by atoms with Gasteiger partial charge in [0.25, 0.3) is 0 Å². The van der Waals surface area contributed by atoms with Crippen molar-refractivity contribution in [3.05, 3.63) is 28.5 Å². The van der Waals surface area contributed by atoms with Crippen LogP contribution < -0.4 is 5.73 Å². The van der Waals surface area contributed by atoms with E-state index in [4.69, 9.17) is 10.9 Å². The van der Waals surface area contributed by atoms with E-state index in [1.165, 1.54) is 4.68 Å². The fourth-order valence-corrected chi connectivity index (χ4v) is 1.82. The first kappa shape index (κ1) is 12.9. The number of aromatic nitrogens is 5. The van der Waals surface area contributed by atoms with Crippen molar-refractivity contribution in [2.45, 2.75) is 27.7 Å². The van der Waals surface area contributed by atoms with Gasteiger partial charge >= 0.3 is 0 Å². The van der Waals surface area contributed by atoms with Crippen LogP contribution in [0.2, 0.25) is 0 Å². The van der Waals surface area contributed by atoms with Crippen LogP contribution in [-0.2, 0) is 0 Å². The Hall–Kier alpha value is -2.51. The fraction of sp³-hybridized carbons (Fsp3) is 0.364. The van der Waals surface area contributed by atoms with E-state index < -0.39 is 0 Å². The van der Waals surface area contributed by atoms with Gasteiger partial charge in [-0.05, 0) is 33.3 Å². The molecule has 0 amide bonds. The predicted octanol–water partition coefficient (Wildman–Crippen LogP) is 0.385. The number of oxime groups is 1. The van der Waals surface area contributed by atoms with E-state index in [0.29, 0.717) is 28.7 Å². The van der Waals surface area contributed by atoms with Crippen LogP contribution >= 0.6 is 0 Å². The summed E-state index contributed by atoms with van der Waals surface area (Å²) >= 11 is 0.